The number of benzene rings is 2. The van der Waals surface area contributed by atoms with Crippen LogP contribution in [0.25, 0.3) is 22.2 Å². The minimum absolute atomic E-state index is 0.0882. The van der Waals surface area contributed by atoms with Crippen molar-refractivity contribution in [1.29, 1.82) is 0 Å². The lowest BCUT2D eigenvalue weighted by atomic mass is 10.1. The van der Waals surface area contributed by atoms with E-state index in [1.165, 1.54) is 6.07 Å². The fourth-order valence-electron chi connectivity index (χ4n) is 3.67. The van der Waals surface area contributed by atoms with Crippen LogP contribution in [0.15, 0.2) is 63.1 Å². The van der Waals surface area contributed by atoms with E-state index in [2.05, 4.69) is 16.4 Å². The molecule has 1 aliphatic rings. The Balaban J connectivity index is 1.30. The van der Waals surface area contributed by atoms with Crippen LogP contribution in [0, 0.1) is 6.92 Å². The van der Waals surface area contributed by atoms with Crippen molar-refractivity contribution < 1.29 is 13.9 Å². The van der Waals surface area contributed by atoms with Gasteiger partial charge in [-0.05, 0) is 49.2 Å². The fourth-order valence-corrected chi connectivity index (χ4v) is 4.29. The van der Waals surface area contributed by atoms with Crippen LogP contribution in [0.2, 0.25) is 0 Å². The van der Waals surface area contributed by atoms with Gasteiger partial charge in [0.2, 0.25) is 0 Å². The largest absolute Gasteiger partial charge is 0.484 e. The highest BCUT2D eigenvalue weighted by Gasteiger charge is 2.25. The van der Waals surface area contributed by atoms with Crippen LogP contribution in [-0.4, -0.2) is 24.0 Å². The number of nitrogens with zero attached hydrogens (tertiary/aromatic N) is 2. The van der Waals surface area contributed by atoms with Crippen molar-refractivity contribution in [1.82, 2.24) is 4.98 Å². The van der Waals surface area contributed by atoms with Gasteiger partial charge in [-0.1, -0.05) is 6.07 Å². The van der Waals surface area contributed by atoms with Crippen molar-refractivity contribution in [3.05, 3.63) is 74.9 Å². The monoisotopic (exact) mass is 418 g/mol. The zero-order chi connectivity index (χ0) is 20.7. The van der Waals surface area contributed by atoms with E-state index in [0.29, 0.717) is 17.9 Å². The summed E-state index contributed by atoms with van der Waals surface area (Å²) in [4.78, 5) is 30.5. The van der Waals surface area contributed by atoms with E-state index in [-0.39, 0.29) is 12.5 Å². The Morgan fingerprint density at radius 2 is 2.07 bits per heavy atom. The number of thiazole rings is 1. The smallest absolute Gasteiger partial charge is 0.336 e. The molecule has 1 aliphatic heterocycles. The van der Waals surface area contributed by atoms with Crippen molar-refractivity contribution in [3.63, 3.8) is 0 Å². The number of aryl methyl sites for hydroxylation is 1. The average molecular weight is 418 g/mol. The predicted molar refractivity (Wildman–Crippen MR) is 116 cm³/mol. The van der Waals surface area contributed by atoms with Gasteiger partial charge in [0.25, 0.3) is 5.91 Å². The number of amides is 1. The normalized spacial score (nSPS) is 12.9. The molecule has 3 heterocycles. The van der Waals surface area contributed by atoms with Gasteiger partial charge in [-0.3, -0.25) is 4.79 Å². The molecule has 0 saturated carbocycles. The van der Waals surface area contributed by atoms with Gasteiger partial charge in [-0.25, -0.2) is 9.78 Å². The summed E-state index contributed by atoms with van der Waals surface area (Å²) < 4.78 is 10.8. The number of hydrogen-bond donors (Lipinski definition) is 0. The Kier molecular flexibility index (Phi) is 4.59. The van der Waals surface area contributed by atoms with E-state index in [4.69, 9.17) is 9.15 Å². The van der Waals surface area contributed by atoms with Gasteiger partial charge in [0.15, 0.2) is 6.61 Å². The molecule has 6 nitrogen and oxygen atoms in total. The zero-order valence-corrected chi connectivity index (χ0v) is 17.1. The Morgan fingerprint density at radius 3 is 2.90 bits per heavy atom. The van der Waals surface area contributed by atoms with Crippen LogP contribution in [0.1, 0.15) is 10.6 Å². The second-order valence-electron chi connectivity index (χ2n) is 7.13. The topological polar surface area (TPSA) is 72.6 Å². The summed E-state index contributed by atoms with van der Waals surface area (Å²) in [5.41, 5.74) is 4.11. The number of anilines is 1. The third-order valence-corrected chi connectivity index (χ3v) is 5.92. The molecule has 0 unspecified atom stereocenters. The summed E-state index contributed by atoms with van der Waals surface area (Å²) in [5, 5.41) is 3.88. The van der Waals surface area contributed by atoms with Gasteiger partial charge in [0, 0.05) is 40.7 Å². The number of hydrogen-bond acceptors (Lipinski definition) is 6. The van der Waals surface area contributed by atoms with Crippen LogP contribution in [0.5, 0.6) is 5.75 Å². The average Bonchev–Trinajstić information content (AvgIpc) is 3.37. The summed E-state index contributed by atoms with van der Waals surface area (Å²) in [6, 6.07) is 14.4. The summed E-state index contributed by atoms with van der Waals surface area (Å²) in [6.45, 7) is 2.53. The van der Waals surface area contributed by atoms with Gasteiger partial charge in [-0.15, -0.1) is 11.3 Å². The van der Waals surface area contributed by atoms with Crippen molar-refractivity contribution in [2.24, 2.45) is 0 Å². The Morgan fingerprint density at radius 1 is 1.20 bits per heavy atom. The van der Waals surface area contributed by atoms with Gasteiger partial charge < -0.3 is 14.1 Å². The van der Waals surface area contributed by atoms with Crippen LogP contribution in [0.3, 0.4) is 0 Å². The van der Waals surface area contributed by atoms with Crippen molar-refractivity contribution in [2.45, 2.75) is 13.3 Å². The van der Waals surface area contributed by atoms with Crippen molar-refractivity contribution in [3.8, 4) is 17.0 Å². The van der Waals surface area contributed by atoms with E-state index in [1.54, 1.807) is 40.5 Å². The maximum Gasteiger partial charge on any atom is 0.336 e. The van der Waals surface area contributed by atoms with Crippen LogP contribution >= 0.6 is 11.3 Å². The number of ether oxygens (including phenoxy) is 1. The third kappa shape index (κ3) is 3.48. The molecule has 0 radical (unpaired) electrons. The summed E-state index contributed by atoms with van der Waals surface area (Å²) >= 11 is 1.63. The zero-order valence-electron chi connectivity index (χ0n) is 16.3. The Bertz CT molecular complexity index is 1320. The van der Waals surface area contributed by atoms with Crippen molar-refractivity contribution >= 4 is 33.9 Å². The number of aromatic nitrogens is 1. The molecule has 30 heavy (non-hydrogen) atoms. The van der Waals surface area contributed by atoms with Crippen LogP contribution in [0.4, 0.5) is 5.69 Å². The predicted octanol–water partition coefficient (Wildman–Crippen LogP) is 4.19. The standard InChI is InChI=1S/C23H18N2O4S/c1-14-24-19(13-30-14)16-3-6-20-17(10-16)8-9-25(20)22(26)12-28-18-5-2-15-4-7-23(27)29-21(15)11-18/h2-7,10-11,13H,8-9,12H2,1H3. The molecule has 0 fully saturated rings. The second kappa shape index (κ2) is 7.42. The Labute approximate surface area is 176 Å². The molecule has 2 aromatic heterocycles. The van der Waals surface area contributed by atoms with E-state index in [1.807, 2.05) is 19.1 Å². The quantitative estimate of drug-likeness (QED) is 0.465. The van der Waals surface area contributed by atoms with Gasteiger partial charge in [0.05, 0.1) is 10.7 Å². The van der Waals surface area contributed by atoms with Gasteiger partial charge in [-0.2, -0.15) is 0 Å². The molecular formula is C23H18N2O4S. The first kappa shape index (κ1) is 18.6. The molecule has 0 spiro atoms. The van der Waals surface area contributed by atoms with Crippen molar-refractivity contribution in [2.75, 3.05) is 18.1 Å². The molecule has 150 valence electrons. The first-order chi connectivity index (χ1) is 14.6. The minimum Gasteiger partial charge on any atom is -0.484 e. The lowest BCUT2D eigenvalue weighted by Gasteiger charge is -2.18. The molecule has 0 saturated heterocycles. The van der Waals surface area contributed by atoms with Crippen LogP contribution < -0.4 is 15.3 Å². The number of rotatable bonds is 4. The molecule has 0 N–H and O–H groups in total. The van der Waals surface area contributed by atoms with E-state index in [9.17, 15) is 9.59 Å². The first-order valence-electron chi connectivity index (χ1n) is 9.59. The lowest BCUT2D eigenvalue weighted by Crippen LogP contribution is -2.33. The maximum absolute atomic E-state index is 12.8. The first-order valence-corrected chi connectivity index (χ1v) is 10.5. The molecule has 4 aromatic rings. The lowest BCUT2D eigenvalue weighted by molar-refractivity contribution is -0.120. The molecule has 1 amide bonds. The molecule has 2 aromatic carbocycles. The molecule has 0 atom stereocenters. The third-order valence-electron chi connectivity index (χ3n) is 5.15. The SMILES string of the molecule is Cc1nc(-c2ccc3c(c2)CCN3C(=O)COc2ccc3ccc(=O)oc3c2)cs1. The highest BCUT2D eigenvalue weighted by molar-refractivity contribution is 7.09. The maximum atomic E-state index is 12.8. The molecule has 7 heteroatoms. The summed E-state index contributed by atoms with van der Waals surface area (Å²) in [6.07, 6.45) is 0.805. The minimum atomic E-state index is -0.420. The molecule has 0 bridgehead atoms. The van der Waals surface area contributed by atoms with Crippen LogP contribution in [-0.2, 0) is 11.2 Å². The number of carbonyl (C=O) groups excluding carboxylic acids is 1. The summed E-state index contributed by atoms with van der Waals surface area (Å²) in [7, 11) is 0. The number of fused-ring (bicyclic) bond motifs is 2. The van der Waals surface area contributed by atoms with E-state index < -0.39 is 5.63 Å². The molecule has 0 aliphatic carbocycles. The Hall–Kier alpha value is -3.45. The number of carbonyl (C=O) groups is 1. The highest BCUT2D eigenvalue weighted by atomic mass is 32.1. The molecular weight excluding hydrogens is 400 g/mol. The van der Waals surface area contributed by atoms with E-state index >= 15 is 0 Å². The van der Waals surface area contributed by atoms with Gasteiger partial charge in [0.1, 0.15) is 11.3 Å². The van der Waals surface area contributed by atoms with Gasteiger partial charge >= 0.3 is 5.63 Å². The van der Waals surface area contributed by atoms with E-state index in [0.717, 1.165) is 39.3 Å². The summed E-state index contributed by atoms with van der Waals surface area (Å²) in [5.74, 6) is 0.375. The molecule has 5 rings (SSSR count). The second-order valence-corrected chi connectivity index (χ2v) is 8.20. The fraction of sp³-hybridized carbons (Fsp3) is 0.174. The highest BCUT2D eigenvalue weighted by Crippen LogP contribution is 2.33.